The molecule has 0 aromatic carbocycles. The molecule has 1 aliphatic rings. The summed E-state index contributed by atoms with van der Waals surface area (Å²) >= 11 is 0. The smallest absolute Gasteiger partial charge is 0.0104 e. The van der Waals surface area contributed by atoms with Crippen LogP contribution in [0.25, 0.3) is 0 Å². The largest absolute Gasteiger partial charge is 1.00 e. The summed E-state index contributed by atoms with van der Waals surface area (Å²) in [5, 5.41) is 3.27. The first-order valence-electron chi connectivity index (χ1n) is 2.79. The minimum Gasteiger partial charge on any atom is -1.00 e. The molecule has 1 rings (SSSR count). The normalized spacial score (nSPS) is 22.1. The second kappa shape index (κ2) is 4.13. The predicted molar refractivity (Wildman–Crippen MR) is 30.4 cm³/mol. The topological polar surface area (TPSA) is 15.3 Å². The summed E-state index contributed by atoms with van der Waals surface area (Å²) in [6, 6.07) is 0. The molecule has 8 heavy (non-hydrogen) atoms. The van der Waals surface area contributed by atoms with Crippen molar-refractivity contribution in [3.05, 3.63) is 0 Å². The number of halogens is 1. The molecule has 0 aromatic rings. The molecule has 0 unspecified atom stereocenters. The number of rotatable bonds is 0. The Kier molecular flexibility index (Phi) is 4.23. The van der Waals surface area contributed by atoms with Crippen LogP contribution in [0.1, 0.15) is 0 Å². The van der Waals surface area contributed by atoms with Crippen LogP contribution in [0.5, 0.6) is 0 Å². The van der Waals surface area contributed by atoms with Crippen LogP contribution in [0.3, 0.4) is 0 Å². The zero-order chi connectivity index (χ0) is 5.11. The van der Waals surface area contributed by atoms with E-state index >= 15 is 0 Å². The first-order chi connectivity index (χ1) is 3.39. The van der Waals surface area contributed by atoms with Crippen LogP contribution in [0, 0.1) is 0 Å². The van der Waals surface area contributed by atoms with Gasteiger partial charge in [-0.25, -0.2) is 0 Å². The van der Waals surface area contributed by atoms with Crippen molar-refractivity contribution in [2.45, 2.75) is 0 Å². The Morgan fingerprint density at radius 1 is 1.25 bits per heavy atom. The average molecular weight is 136 g/mol. The Balaban J connectivity index is 0.000000490. The first-order valence-corrected chi connectivity index (χ1v) is 2.79. The van der Waals surface area contributed by atoms with Gasteiger partial charge in [-0.05, 0) is 7.05 Å². The van der Waals surface area contributed by atoms with Crippen LogP contribution in [0.15, 0.2) is 0 Å². The molecule has 0 bridgehead atoms. The quantitative estimate of drug-likeness (QED) is 0.371. The summed E-state index contributed by atoms with van der Waals surface area (Å²) in [4.78, 5) is 2.33. The van der Waals surface area contributed by atoms with Gasteiger partial charge in [-0.15, -0.1) is 0 Å². The monoisotopic (exact) mass is 135 g/mol. The first kappa shape index (κ1) is 8.21. The highest BCUT2D eigenvalue weighted by atomic mass is 35.5. The van der Waals surface area contributed by atoms with Crippen molar-refractivity contribution in [1.29, 1.82) is 0 Å². The van der Waals surface area contributed by atoms with E-state index in [1.807, 2.05) is 0 Å². The summed E-state index contributed by atoms with van der Waals surface area (Å²) in [6.07, 6.45) is 0. The van der Waals surface area contributed by atoms with Crippen molar-refractivity contribution in [2.75, 3.05) is 33.2 Å². The van der Waals surface area contributed by atoms with Gasteiger partial charge < -0.3 is 22.6 Å². The number of hydrogen-bond donors (Lipinski definition) is 1. The lowest BCUT2D eigenvalue weighted by atomic mass is 10.4. The van der Waals surface area contributed by atoms with Crippen LogP contribution in [-0.2, 0) is 0 Å². The number of nitrogens with one attached hydrogen (secondary N) is 1. The molecule has 2 nitrogen and oxygen atoms in total. The minimum atomic E-state index is 0. The van der Waals surface area contributed by atoms with E-state index < -0.39 is 0 Å². The van der Waals surface area contributed by atoms with Gasteiger partial charge in [0.1, 0.15) is 0 Å². The van der Waals surface area contributed by atoms with E-state index in [1.54, 1.807) is 0 Å². The van der Waals surface area contributed by atoms with E-state index in [4.69, 9.17) is 0 Å². The summed E-state index contributed by atoms with van der Waals surface area (Å²) in [5.74, 6) is 0. The predicted octanol–water partition coefficient (Wildman–Crippen LogP) is -3.47. The van der Waals surface area contributed by atoms with E-state index in [0.29, 0.717) is 0 Å². The number of likely N-dealkylation sites (N-methyl/N-ethyl adjacent to an activating group) is 1. The van der Waals surface area contributed by atoms with Gasteiger partial charge in [-0.1, -0.05) is 0 Å². The number of nitrogens with zero attached hydrogens (tertiary/aromatic N) is 1. The summed E-state index contributed by atoms with van der Waals surface area (Å²) < 4.78 is 0. The van der Waals surface area contributed by atoms with Crippen LogP contribution < -0.4 is 17.7 Å². The molecular weight excluding hydrogens is 124 g/mol. The molecule has 1 N–H and O–H groups in total. The standard InChI is InChI=1S/C5H12N2.ClH/c1-7-4-2-6-3-5-7;/h6H,2-5H2,1H3;1H/p-1. The van der Waals surface area contributed by atoms with Crippen LogP contribution >= 0.6 is 0 Å². The molecule has 1 fully saturated rings. The van der Waals surface area contributed by atoms with E-state index in [2.05, 4.69) is 17.3 Å². The highest BCUT2D eigenvalue weighted by molar-refractivity contribution is 4.62. The zero-order valence-electron chi connectivity index (χ0n) is 5.15. The van der Waals surface area contributed by atoms with Gasteiger partial charge >= 0.3 is 0 Å². The fourth-order valence-corrected chi connectivity index (χ4v) is 0.777. The lowest BCUT2D eigenvalue weighted by Gasteiger charge is -2.21. The molecule has 1 aliphatic heterocycles. The maximum atomic E-state index is 3.27. The Morgan fingerprint density at radius 2 is 1.75 bits per heavy atom. The van der Waals surface area contributed by atoms with Crippen LogP contribution in [-0.4, -0.2) is 38.1 Å². The average Bonchev–Trinajstić information content (AvgIpc) is 1.69. The molecular formula is C5H12ClN2-. The fourth-order valence-electron chi connectivity index (χ4n) is 0.777. The number of hydrogen-bond acceptors (Lipinski definition) is 2. The van der Waals surface area contributed by atoms with Gasteiger partial charge in [0.05, 0.1) is 0 Å². The maximum Gasteiger partial charge on any atom is 0.0104 e. The molecule has 0 aromatic heterocycles. The van der Waals surface area contributed by atoms with Crippen molar-refractivity contribution in [1.82, 2.24) is 10.2 Å². The Bertz CT molecular complexity index is 52.4. The highest BCUT2D eigenvalue weighted by Crippen LogP contribution is 1.82. The van der Waals surface area contributed by atoms with Crippen molar-refractivity contribution in [3.8, 4) is 0 Å². The van der Waals surface area contributed by atoms with Gasteiger partial charge in [-0.2, -0.15) is 0 Å². The van der Waals surface area contributed by atoms with E-state index in [9.17, 15) is 0 Å². The summed E-state index contributed by atoms with van der Waals surface area (Å²) in [7, 11) is 2.15. The zero-order valence-corrected chi connectivity index (χ0v) is 5.91. The molecule has 0 amide bonds. The third-order valence-electron chi connectivity index (χ3n) is 1.34. The van der Waals surface area contributed by atoms with Gasteiger partial charge in [0.25, 0.3) is 0 Å². The highest BCUT2D eigenvalue weighted by Gasteiger charge is 2.01. The second-order valence-electron chi connectivity index (χ2n) is 2.05. The van der Waals surface area contributed by atoms with Gasteiger partial charge in [0, 0.05) is 26.2 Å². The molecule has 50 valence electrons. The number of piperazine rings is 1. The minimum absolute atomic E-state index is 0. The Hall–Kier alpha value is 0.210. The SMILES string of the molecule is CN1CCNCC1.[Cl-]. The van der Waals surface area contributed by atoms with Crippen molar-refractivity contribution in [2.24, 2.45) is 0 Å². The van der Waals surface area contributed by atoms with Crippen molar-refractivity contribution < 1.29 is 12.4 Å². The fraction of sp³-hybridized carbons (Fsp3) is 1.00. The molecule has 0 aliphatic carbocycles. The van der Waals surface area contributed by atoms with Crippen LogP contribution in [0.2, 0.25) is 0 Å². The molecule has 0 saturated carbocycles. The van der Waals surface area contributed by atoms with E-state index in [1.165, 1.54) is 13.1 Å². The molecule has 1 saturated heterocycles. The molecule has 0 atom stereocenters. The maximum absolute atomic E-state index is 3.27. The van der Waals surface area contributed by atoms with Crippen molar-refractivity contribution in [3.63, 3.8) is 0 Å². The third kappa shape index (κ3) is 2.50. The molecule has 0 radical (unpaired) electrons. The lowest BCUT2D eigenvalue weighted by Crippen LogP contribution is -3.00. The molecule has 1 heterocycles. The van der Waals surface area contributed by atoms with Gasteiger partial charge in [0.15, 0.2) is 0 Å². The van der Waals surface area contributed by atoms with E-state index in [0.717, 1.165) is 13.1 Å². The summed E-state index contributed by atoms with van der Waals surface area (Å²) in [5.41, 5.74) is 0. The van der Waals surface area contributed by atoms with Gasteiger partial charge in [0.2, 0.25) is 0 Å². The summed E-state index contributed by atoms with van der Waals surface area (Å²) in [6.45, 7) is 4.74. The molecule has 3 heteroatoms. The molecule has 0 spiro atoms. The van der Waals surface area contributed by atoms with Crippen LogP contribution in [0.4, 0.5) is 0 Å². The third-order valence-corrected chi connectivity index (χ3v) is 1.34. The Morgan fingerprint density at radius 3 is 2.00 bits per heavy atom. The lowest BCUT2D eigenvalue weighted by molar-refractivity contribution is -0.00000159. The second-order valence-corrected chi connectivity index (χ2v) is 2.05. The Labute approximate surface area is 56.7 Å². The van der Waals surface area contributed by atoms with Gasteiger partial charge in [-0.3, -0.25) is 0 Å². The van der Waals surface area contributed by atoms with Crippen molar-refractivity contribution >= 4 is 0 Å². The van der Waals surface area contributed by atoms with E-state index in [-0.39, 0.29) is 12.4 Å².